The quantitative estimate of drug-likeness (QED) is 0.0249. The van der Waals surface area contributed by atoms with Crippen LogP contribution >= 0.6 is 0 Å². The van der Waals surface area contributed by atoms with Gasteiger partial charge in [0, 0.05) is 11.1 Å². The van der Waals surface area contributed by atoms with Crippen LogP contribution in [0, 0.1) is 0 Å². The molecule has 12 N–H and O–H groups in total. The molecule has 4 rings (SSSR count). The van der Waals surface area contributed by atoms with Gasteiger partial charge in [-0.3, -0.25) is 24.2 Å². The molecule has 0 saturated heterocycles. The fraction of sp³-hybridized carbons (Fsp3) is 0.256. The van der Waals surface area contributed by atoms with Crippen LogP contribution in [0.5, 0.6) is 11.5 Å². The maximum absolute atomic E-state index is 13.8. The van der Waals surface area contributed by atoms with E-state index in [0.717, 1.165) is 4.90 Å². The number of aliphatic imine (C=N–C) groups is 1. The third-order valence-electron chi connectivity index (χ3n) is 8.67. The Labute approximate surface area is 328 Å². The first kappa shape index (κ1) is 43.0. The normalized spacial score (nSPS) is 12.7. The molecule has 0 spiro atoms. The van der Waals surface area contributed by atoms with Gasteiger partial charge in [0.1, 0.15) is 24.6 Å². The van der Waals surface area contributed by atoms with Crippen molar-refractivity contribution in [1.82, 2.24) is 0 Å². The topological polar surface area (TPSA) is 283 Å². The number of carbonyl (C=O) groups is 4. The van der Waals surface area contributed by atoms with Crippen molar-refractivity contribution in [3.8, 4) is 11.5 Å². The van der Waals surface area contributed by atoms with Crippen LogP contribution in [0.3, 0.4) is 0 Å². The monoisotopic (exact) mass is 782 g/mol. The third kappa shape index (κ3) is 11.4. The Morgan fingerprint density at radius 2 is 1.18 bits per heavy atom. The van der Waals surface area contributed by atoms with E-state index in [1.54, 1.807) is 84.9 Å². The molecular weight excluding hydrogens is 734 g/mol. The van der Waals surface area contributed by atoms with Gasteiger partial charge in [-0.25, -0.2) is 4.90 Å². The Hall–Kier alpha value is -6.73. The van der Waals surface area contributed by atoms with Crippen LogP contribution in [-0.2, 0) is 32.3 Å². The van der Waals surface area contributed by atoms with E-state index in [1.807, 2.05) is 0 Å². The Morgan fingerprint density at radius 3 is 1.65 bits per heavy atom. The number of Topliss-reactive ketones (excluding diaryl/α,β-unsaturated/α-hetero) is 2. The molecular formula is C39H48N11O7+3. The van der Waals surface area contributed by atoms with E-state index in [2.05, 4.69) is 53.3 Å². The van der Waals surface area contributed by atoms with Crippen LogP contribution < -0.4 is 47.3 Å². The van der Waals surface area contributed by atoms with Crippen molar-refractivity contribution in [1.29, 1.82) is 0 Å². The highest BCUT2D eigenvalue weighted by Crippen LogP contribution is 2.29. The molecule has 2 amide bonds. The smallest absolute Gasteiger partial charge is 0.258 e. The van der Waals surface area contributed by atoms with Crippen molar-refractivity contribution in [2.75, 3.05) is 38.2 Å². The second-order valence-corrected chi connectivity index (χ2v) is 12.5. The van der Waals surface area contributed by atoms with E-state index in [9.17, 15) is 24.3 Å². The molecule has 4 aromatic carbocycles. The molecule has 0 aliphatic heterocycles. The number of amides is 2. The summed E-state index contributed by atoms with van der Waals surface area (Å²) in [7, 11) is 2.93. The minimum Gasteiger partial charge on any atom is -0.858 e. The first-order chi connectivity index (χ1) is 27.4. The van der Waals surface area contributed by atoms with Crippen LogP contribution in [0.1, 0.15) is 30.5 Å². The molecule has 18 heteroatoms. The van der Waals surface area contributed by atoms with Gasteiger partial charge in [-0.1, -0.05) is 30.3 Å². The molecule has 0 aliphatic rings. The lowest BCUT2D eigenvalue weighted by Crippen LogP contribution is -3.21. The maximum Gasteiger partial charge on any atom is 0.258 e. The van der Waals surface area contributed by atoms with Crippen molar-refractivity contribution < 1.29 is 55.9 Å². The molecule has 0 aliphatic carbocycles. The molecule has 0 radical (unpaired) electrons. The largest absolute Gasteiger partial charge is 0.858 e. The van der Waals surface area contributed by atoms with E-state index < -0.39 is 41.4 Å². The van der Waals surface area contributed by atoms with Gasteiger partial charge in [0.15, 0.2) is 11.6 Å². The summed E-state index contributed by atoms with van der Waals surface area (Å²) in [6.45, 7) is 3.95. The van der Waals surface area contributed by atoms with E-state index in [1.165, 1.54) is 28.1 Å². The van der Waals surface area contributed by atoms with Gasteiger partial charge in [0.2, 0.25) is 25.4 Å². The highest BCUT2D eigenvalue weighted by Gasteiger charge is 2.26. The molecule has 0 bridgehead atoms. The number of benzene rings is 4. The SMILES string of the molecule is COc1ccccc1NC(=O)C(N=Nc1ccc(N=C([O-])c2ccc(N=NC(C(C)=O)C(=O)Nc3ccccc3OC)c(C[NH3+])c2C[NH+](C[NH3+])C[NH3+])cc1)C(C)=O. The summed E-state index contributed by atoms with van der Waals surface area (Å²) in [6.07, 6.45) is 0. The summed E-state index contributed by atoms with van der Waals surface area (Å²) in [5.74, 6) is -2.13. The molecule has 0 aromatic heterocycles. The number of anilines is 2. The number of rotatable bonds is 19. The minimum absolute atomic E-state index is 0.197. The minimum atomic E-state index is -1.46. The molecule has 2 atom stereocenters. The van der Waals surface area contributed by atoms with Crippen molar-refractivity contribution >= 4 is 57.7 Å². The standard InChI is InChI=1S/C39H45N11O7/c1-23(51)35(38(54)44-31-9-5-7-11-33(31)56-3)48-46-26-15-13-25(14-16-26)43-37(53)27-17-18-30(28(19-40)29(27)20-50(21-41)22-42)47-49-36(24(2)52)39(55)45-32-10-6-8-12-34(32)57-4/h5-18,35-36H,19-22,40-42H2,1-4H3,(H,43,53)(H,44,54)(H,45,55)/p+3. The number of ketones is 2. The van der Waals surface area contributed by atoms with Gasteiger partial charge in [-0.2, -0.15) is 20.5 Å². The lowest BCUT2D eigenvalue weighted by atomic mass is 9.98. The zero-order valence-electron chi connectivity index (χ0n) is 32.3. The number of nitrogens with zero attached hydrogens (tertiary/aromatic N) is 5. The fourth-order valence-electron chi connectivity index (χ4n) is 5.56. The lowest BCUT2D eigenvalue weighted by molar-refractivity contribution is -1.02. The second kappa shape index (κ2) is 20.8. The highest BCUT2D eigenvalue weighted by molar-refractivity contribution is 6.11. The summed E-state index contributed by atoms with van der Waals surface area (Å²) in [5, 5.41) is 35.6. The maximum atomic E-state index is 13.8. The van der Waals surface area contributed by atoms with Crippen LogP contribution in [0.2, 0.25) is 0 Å². The number of para-hydroxylation sites is 4. The zero-order valence-corrected chi connectivity index (χ0v) is 32.3. The molecule has 57 heavy (non-hydrogen) atoms. The highest BCUT2D eigenvalue weighted by atomic mass is 16.5. The van der Waals surface area contributed by atoms with Crippen LogP contribution in [0.25, 0.3) is 0 Å². The first-order valence-electron chi connectivity index (χ1n) is 17.9. The molecule has 0 fully saturated rings. The average molecular weight is 783 g/mol. The second-order valence-electron chi connectivity index (χ2n) is 12.5. The Balaban J connectivity index is 1.60. The van der Waals surface area contributed by atoms with E-state index in [4.69, 9.17) is 9.47 Å². The summed E-state index contributed by atoms with van der Waals surface area (Å²) in [6, 6.07) is 20.0. The van der Waals surface area contributed by atoms with Crippen molar-refractivity contribution in [2.24, 2.45) is 25.4 Å². The third-order valence-corrected chi connectivity index (χ3v) is 8.67. The number of quaternary nitrogens is 4. The van der Waals surface area contributed by atoms with Crippen LogP contribution in [0.15, 0.2) is 110 Å². The van der Waals surface area contributed by atoms with Gasteiger partial charge in [-0.15, -0.1) is 0 Å². The van der Waals surface area contributed by atoms with E-state index in [-0.39, 0.29) is 12.1 Å². The number of methoxy groups -OCH3 is 2. The van der Waals surface area contributed by atoms with Crippen molar-refractivity contribution in [3.05, 3.63) is 102 Å². The molecule has 0 saturated carbocycles. The number of azo groups is 2. The fourth-order valence-corrected chi connectivity index (χ4v) is 5.56. The Kier molecular flexibility index (Phi) is 15.7. The van der Waals surface area contributed by atoms with Crippen molar-refractivity contribution in [2.45, 2.75) is 39.0 Å². The molecule has 298 valence electrons. The lowest BCUT2D eigenvalue weighted by Gasteiger charge is -2.21. The Morgan fingerprint density at radius 1 is 0.684 bits per heavy atom. The molecule has 0 heterocycles. The van der Waals surface area contributed by atoms with Gasteiger partial charge in [0.05, 0.1) is 42.7 Å². The molecule has 18 nitrogen and oxygen atoms in total. The van der Waals surface area contributed by atoms with Crippen LogP contribution in [0.4, 0.5) is 28.4 Å². The summed E-state index contributed by atoms with van der Waals surface area (Å²) in [5.41, 5.74) is 15.2. The molecule has 4 aromatic rings. The summed E-state index contributed by atoms with van der Waals surface area (Å²) in [4.78, 5) is 56.2. The number of ether oxygens (including phenoxy) is 2. The van der Waals surface area contributed by atoms with Gasteiger partial charge >= 0.3 is 0 Å². The molecule has 2 unspecified atom stereocenters. The number of carbonyl (C=O) groups excluding carboxylic acids is 4. The van der Waals surface area contributed by atoms with Crippen LogP contribution in [-0.4, -0.2) is 68.9 Å². The zero-order chi connectivity index (χ0) is 41.5. The Bertz CT molecular complexity index is 2150. The predicted octanol–water partition coefficient (Wildman–Crippen LogP) is 0.0280. The number of hydrogen-bond donors (Lipinski definition) is 6. The van der Waals surface area contributed by atoms with Gasteiger partial charge in [0.25, 0.3) is 11.8 Å². The van der Waals surface area contributed by atoms with E-state index in [0.29, 0.717) is 70.9 Å². The van der Waals surface area contributed by atoms with Gasteiger partial charge in [-0.05, 0) is 79.9 Å². The summed E-state index contributed by atoms with van der Waals surface area (Å²) >= 11 is 0. The van der Waals surface area contributed by atoms with Crippen molar-refractivity contribution in [3.63, 3.8) is 0 Å². The predicted molar refractivity (Wildman–Crippen MR) is 207 cm³/mol. The number of nitrogens with one attached hydrogen (secondary N) is 3. The van der Waals surface area contributed by atoms with E-state index >= 15 is 0 Å². The first-order valence-corrected chi connectivity index (χ1v) is 17.9. The number of hydrogen-bond acceptors (Lipinski definition) is 12. The van der Waals surface area contributed by atoms with Gasteiger partial charge < -0.3 is 42.4 Å². The average Bonchev–Trinajstić information content (AvgIpc) is 3.20. The summed E-state index contributed by atoms with van der Waals surface area (Å²) < 4.78 is 10.6.